The Hall–Kier alpha value is -0.690. The maximum absolute atomic E-state index is 11.1. The third-order valence-corrected chi connectivity index (χ3v) is 0.457. The summed E-state index contributed by atoms with van der Waals surface area (Å²) in [6, 6.07) is 0. The lowest BCUT2D eigenvalue weighted by atomic mass is 10.4. The van der Waals surface area contributed by atoms with Gasteiger partial charge in [-0.25, -0.2) is 5.11 Å². The molecule has 0 aliphatic heterocycles. The Labute approximate surface area is 50.5 Å². The van der Waals surface area contributed by atoms with Crippen LogP contribution < -0.4 is 0 Å². The monoisotopic (exact) mass is 137 g/mol. The fourth-order valence-corrected chi connectivity index (χ4v) is 0.214. The molecular formula is C5H4F3O. The predicted molar refractivity (Wildman–Crippen MR) is 24.0 cm³/mol. The molecule has 0 aliphatic rings. The van der Waals surface area contributed by atoms with Crippen molar-refractivity contribution in [3.8, 4) is 11.8 Å². The van der Waals surface area contributed by atoms with Gasteiger partial charge >= 0.3 is 6.18 Å². The van der Waals surface area contributed by atoms with Crippen LogP contribution in [-0.2, 0) is 5.11 Å². The molecule has 4 heteroatoms. The van der Waals surface area contributed by atoms with Crippen LogP contribution >= 0.6 is 0 Å². The first kappa shape index (κ1) is 8.31. The summed E-state index contributed by atoms with van der Waals surface area (Å²) >= 11 is 0. The van der Waals surface area contributed by atoms with Gasteiger partial charge < -0.3 is 0 Å². The molecule has 0 fully saturated rings. The number of rotatable bonds is 1. The van der Waals surface area contributed by atoms with Crippen LogP contribution in [-0.4, -0.2) is 12.8 Å². The molecule has 0 aromatic heterocycles. The molecule has 51 valence electrons. The summed E-state index contributed by atoms with van der Waals surface area (Å²) in [7, 11) is 0. The summed E-state index contributed by atoms with van der Waals surface area (Å²) < 4.78 is 33.3. The van der Waals surface area contributed by atoms with Crippen molar-refractivity contribution in [2.24, 2.45) is 0 Å². The van der Waals surface area contributed by atoms with Crippen LogP contribution in [0.2, 0.25) is 0 Å². The molecule has 0 aromatic carbocycles. The summed E-state index contributed by atoms with van der Waals surface area (Å²) in [5, 5.41) is 9.55. The van der Waals surface area contributed by atoms with E-state index in [0.29, 0.717) is 0 Å². The predicted octanol–water partition coefficient (Wildman–Crippen LogP) is 1.37. The van der Waals surface area contributed by atoms with E-state index in [1.807, 2.05) is 0 Å². The molecule has 0 aromatic rings. The van der Waals surface area contributed by atoms with Crippen LogP contribution in [0.5, 0.6) is 0 Å². The van der Waals surface area contributed by atoms with Crippen molar-refractivity contribution in [2.45, 2.75) is 12.6 Å². The zero-order valence-corrected chi connectivity index (χ0v) is 4.46. The van der Waals surface area contributed by atoms with Gasteiger partial charge in [0.25, 0.3) is 0 Å². The topological polar surface area (TPSA) is 19.9 Å². The van der Waals surface area contributed by atoms with Gasteiger partial charge in [0, 0.05) is 12.3 Å². The number of halogens is 3. The number of alkyl halides is 3. The van der Waals surface area contributed by atoms with Gasteiger partial charge in [0.1, 0.15) is 0 Å². The van der Waals surface area contributed by atoms with E-state index in [0.717, 1.165) is 5.92 Å². The maximum atomic E-state index is 11.1. The largest absolute Gasteiger partial charge is 0.457 e. The van der Waals surface area contributed by atoms with Gasteiger partial charge in [0.2, 0.25) is 0 Å². The van der Waals surface area contributed by atoms with Gasteiger partial charge in [0.15, 0.2) is 0 Å². The molecule has 1 radical (unpaired) electrons. The van der Waals surface area contributed by atoms with Crippen LogP contribution in [0.1, 0.15) is 6.42 Å². The summed E-state index contributed by atoms with van der Waals surface area (Å²) in [6.45, 7) is -0.580. The van der Waals surface area contributed by atoms with Crippen LogP contribution in [0.25, 0.3) is 0 Å². The molecule has 0 spiro atoms. The molecule has 9 heavy (non-hydrogen) atoms. The van der Waals surface area contributed by atoms with Gasteiger partial charge in [-0.15, -0.1) is 0 Å². The highest BCUT2D eigenvalue weighted by molar-refractivity contribution is 5.04. The smallest absolute Gasteiger partial charge is 0.236 e. The number of hydrogen-bond acceptors (Lipinski definition) is 0. The highest BCUT2D eigenvalue weighted by atomic mass is 19.4. The Balaban J connectivity index is 3.59. The molecule has 0 N–H and O–H groups in total. The average molecular weight is 137 g/mol. The van der Waals surface area contributed by atoms with E-state index >= 15 is 0 Å². The number of hydrogen-bond donors (Lipinski definition) is 0. The first-order valence-corrected chi connectivity index (χ1v) is 2.21. The van der Waals surface area contributed by atoms with Crippen molar-refractivity contribution in [3.63, 3.8) is 0 Å². The summed E-state index contributed by atoms with van der Waals surface area (Å²) in [4.78, 5) is 0. The van der Waals surface area contributed by atoms with Crippen molar-refractivity contribution in [1.82, 2.24) is 0 Å². The second kappa shape index (κ2) is 3.36. The normalized spacial score (nSPS) is 10.2. The van der Waals surface area contributed by atoms with Gasteiger partial charge in [-0.2, -0.15) is 13.2 Å². The second-order valence-corrected chi connectivity index (χ2v) is 1.25. The van der Waals surface area contributed by atoms with E-state index in [9.17, 15) is 18.3 Å². The Kier molecular flexibility index (Phi) is 3.10. The highest BCUT2D eigenvalue weighted by Gasteiger charge is 2.22. The Morgan fingerprint density at radius 1 is 1.33 bits per heavy atom. The van der Waals surface area contributed by atoms with Crippen molar-refractivity contribution in [3.05, 3.63) is 0 Å². The second-order valence-electron chi connectivity index (χ2n) is 1.25. The highest BCUT2D eigenvalue weighted by Crippen LogP contribution is 2.11. The van der Waals surface area contributed by atoms with Crippen LogP contribution in [0.4, 0.5) is 13.2 Å². The quantitative estimate of drug-likeness (QED) is 0.486. The van der Waals surface area contributed by atoms with Crippen LogP contribution in [0.15, 0.2) is 0 Å². The fourth-order valence-electron chi connectivity index (χ4n) is 0.214. The molecule has 0 heterocycles. The molecular weight excluding hydrogens is 133 g/mol. The van der Waals surface area contributed by atoms with E-state index in [1.165, 1.54) is 0 Å². The van der Waals surface area contributed by atoms with E-state index in [-0.39, 0.29) is 6.42 Å². The van der Waals surface area contributed by atoms with E-state index in [1.54, 1.807) is 5.92 Å². The molecule has 0 bridgehead atoms. The molecule has 1 nitrogen and oxygen atoms in total. The molecule has 0 amide bonds. The van der Waals surface area contributed by atoms with E-state index in [2.05, 4.69) is 0 Å². The summed E-state index contributed by atoms with van der Waals surface area (Å²) in [6.07, 6.45) is -4.69. The van der Waals surface area contributed by atoms with Gasteiger partial charge in [-0.05, 0) is 0 Å². The first-order chi connectivity index (χ1) is 4.06. The van der Waals surface area contributed by atoms with Crippen molar-refractivity contribution in [1.29, 1.82) is 0 Å². The van der Waals surface area contributed by atoms with Crippen molar-refractivity contribution >= 4 is 0 Å². The molecule has 0 atom stereocenters. The molecule has 0 aliphatic carbocycles. The van der Waals surface area contributed by atoms with Crippen LogP contribution in [0, 0.1) is 11.8 Å². The molecule has 0 saturated heterocycles. The zero-order valence-electron chi connectivity index (χ0n) is 4.46. The fraction of sp³-hybridized carbons (Fsp3) is 0.600. The van der Waals surface area contributed by atoms with E-state index < -0.39 is 12.8 Å². The van der Waals surface area contributed by atoms with Crippen molar-refractivity contribution in [2.75, 3.05) is 6.61 Å². The standard InChI is InChI=1S/C5H4F3O/c6-5(7,8)3-1-2-4-9/h2,4H2. The summed E-state index contributed by atoms with van der Waals surface area (Å²) in [5.41, 5.74) is 0. The lowest BCUT2D eigenvalue weighted by molar-refractivity contribution is -0.0697. The lowest BCUT2D eigenvalue weighted by Gasteiger charge is -1.90. The summed E-state index contributed by atoms with van der Waals surface area (Å²) in [5.74, 6) is 2.66. The minimum Gasteiger partial charge on any atom is -0.236 e. The van der Waals surface area contributed by atoms with Crippen LogP contribution in [0.3, 0.4) is 0 Å². The molecule has 0 rings (SSSR count). The average Bonchev–Trinajstić information content (AvgIpc) is 1.63. The third-order valence-electron chi connectivity index (χ3n) is 0.457. The minimum absolute atomic E-state index is 0.237. The minimum atomic E-state index is -4.45. The van der Waals surface area contributed by atoms with Gasteiger partial charge in [0.05, 0.1) is 6.61 Å². The van der Waals surface area contributed by atoms with Gasteiger partial charge in [-0.1, -0.05) is 5.92 Å². The van der Waals surface area contributed by atoms with Gasteiger partial charge in [-0.3, -0.25) is 0 Å². The Morgan fingerprint density at radius 3 is 2.22 bits per heavy atom. The Morgan fingerprint density at radius 2 is 1.89 bits per heavy atom. The maximum Gasteiger partial charge on any atom is 0.457 e. The molecule has 0 saturated carbocycles. The third kappa shape index (κ3) is 7.31. The SMILES string of the molecule is [O]CCC#CC(F)(F)F. The lowest BCUT2D eigenvalue weighted by Crippen LogP contribution is -2.01. The van der Waals surface area contributed by atoms with Crippen molar-refractivity contribution < 1.29 is 18.3 Å². The zero-order chi connectivity index (χ0) is 7.33. The Bertz CT molecular complexity index is 127. The van der Waals surface area contributed by atoms with E-state index in [4.69, 9.17) is 0 Å². The molecule has 0 unspecified atom stereocenters. The first-order valence-electron chi connectivity index (χ1n) is 2.21.